The van der Waals surface area contributed by atoms with E-state index in [2.05, 4.69) is 26.1 Å². The van der Waals surface area contributed by atoms with Gasteiger partial charge in [-0.25, -0.2) is 0 Å². The van der Waals surface area contributed by atoms with Gasteiger partial charge in [-0.2, -0.15) is 0 Å². The lowest BCUT2D eigenvalue weighted by atomic mass is 9.79. The zero-order valence-electron chi connectivity index (χ0n) is 13.8. The minimum Gasteiger partial charge on any atom is -0.508 e. The van der Waals surface area contributed by atoms with Gasteiger partial charge in [0, 0.05) is 12.1 Å². The molecule has 2 heteroatoms. The topological polar surface area (TPSA) is 32.3 Å². The van der Waals surface area contributed by atoms with Gasteiger partial charge >= 0.3 is 0 Å². The number of phenols is 1. The molecule has 21 heavy (non-hydrogen) atoms. The maximum Gasteiger partial charge on any atom is 0.115 e. The first kappa shape index (κ1) is 16.4. The second kappa shape index (κ2) is 7.84. The lowest BCUT2D eigenvalue weighted by Gasteiger charge is -2.33. The lowest BCUT2D eigenvalue weighted by molar-refractivity contribution is 0.229. The van der Waals surface area contributed by atoms with Crippen LogP contribution in [0.5, 0.6) is 5.75 Å². The van der Waals surface area contributed by atoms with Crippen molar-refractivity contribution in [1.82, 2.24) is 5.32 Å². The second-order valence-corrected chi connectivity index (χ2v) is 7.13. The van der Waals surface area contributed by atoms with Gasteiger partial charge in [-0.05, 0) is 75.0 Å². The van der Waals surface area contributed by atoms with Crippen LogP contribution in [0.2, 0.25) is 0 Å². The Hall–Kier alpha value is -1.02. The Labute approximate surface area is 130 Å². The van der Waals surface area contributed by atoms with Crippen LogP contribution in [0.15, 0.2) is 24.3 Å². The Morgan fingerprint density at radius 2 is 1.67 bits per heavy atom. The van der Waals surface area contributed by atoms with E-state index in [1.165, 1.54) is 31.2 Å². The second-order valence-electron chi connectivity index (χ2n) is 7.13. The minimum absolute atomic E-state index is 0.354. The normalized spacial score (nSPS) is 24.2. The zero-order chi connectivity index (χ0) is 15.2. The van der Waals surface area contributed by atoms with Gasteiger partial charge in [0.2, 0.25) is 0 Å². The van der Waals surface area contributed by atoms with Crippen molar-refractivity contribution < 1.29 is 5.11 Å². The number of phenolic OH excluding ortho intramolecular Hbond substituents is 1. The highest BCUT2D eigenvalue weighted by atomic mass is 16.3. The van der Waals surface area contributed by atoms with Crippen LogP contribution in [0.4, 0.5) is 0 Å². The molecule has 0 amide bonds. The quantitative estimate of drug-likeness (QED) is 0.807. The molecule has 2 N–H and O–H groups in total. The Balaban J connectivity index is 1.68. The molecule has 0 aliphatic heterocycles. The summed E-state index contributed by atoms with van der Waals surface area (Å²) in [6.45, 7) is 7.02. The average Bonchev–Trinajstić information content (AvgIpc) is 2.47. The third kappa shape index (κ3) is 5.35. The first-order valence-electron chi connectivity index (χ1n) is 8.58. The van der Waals surface area contributed by atoms with Crippen LogP contribution < -0.4 is 5.32 Å². The summed E-state index contributed by atoms with van der Waals surface area (Å²) in [7, 11) is 0. The molecule has 1 unspecified atom stereocenters. The molecule has 0 radical (unpaired) electrons. The highest BCUT2D eigenvalue weighted by molar-refractivity contribution is 5.25. The molecule has 0 saturated heterocycles. The van der Waals surface area contributed by atoms with Crippen molar-refractivity contribution in [1.29, 1.82) is 0 Å². The van der Waals surface area contributed by atoms with E-state index in [0.717, 1.165) is 30.7 Å². The predicted molar refractivity (Wildman–Crippen MR) is 89.6 cm³/mol. The van der Waals surface area contributed by atoms with Crippen molar-refractivity contribution in [3.8, 4) is 5.75 Å². The summed E-state index contributed by atoms with van der Waals surface area (Å²) in [4.78, 5) is 0. The Bertz CT molecular complexity index is 404. The van der Waals surface area contributed by atoms with E-state index in [1.807, 2.05) is 12.1 Å². The molecule has 118 valence electrons. The number of benzene rings is 1. The third-order valence-electron chi connectivity index (χ3n) is 5.04. The molecular weight excluding hydrogens is 258 g/mol. The molecule has 1 aliphatic rings. The first-order chi connectivity index (χ1) is 10.0. The number of hydrogen-bond donors (Lipinski definition) is 2. The summed E-state index contributed by atoms with van der Waals surface area (Å²) < 4.78 is 0. The average molecular weight is 289 g/mol. The van der Waals surface area contributed by atoms with Crippen LogP contribution in [0.3, 0.4) is 0 Å². The van der Waals surface area contributed by atoms with Crippen LogP contribution in [-0.2, 0) is 6.42 Å². The Morgan fingerprint density at radius 1 is 1.05 bits per heavy atom. The minimum atomic E-state index is 0.354. The summed E-state index contributed by atoms with van der Waals surface area (Å²) in [5, 5.41) is 13.1. The first-order valence-corrected chi connectivity index (χ1v) is 8.58. The highest BCUT2D eigenvalue weighted by Gasteiger charge is 2.23. The van der Waals surface area contributed by atoms with E-state index in [-0.39, 0.29) is 0 Å². The fourth-order valence-corrected chi connectivity index (χ4v) is 3.48. The predicted octanol–water partition coefficient (Wildman–Crippen LogP) is 4.52. The molecule has 0 aromatic heterocycles. The number of aryl methyl sites for hydroxylation is 1. The molecule has 2 rings (SSSR count). The molecule has 2 nitrogen and oxygen atoms in total. The van der Waals surface area contributed by atoms with E-state index in [1.54, 1.807) is 12.1 Å². The fraction of sp³-hybridized carbons (Fsp3) is 0.684. The molecule has 1 fully saturated rings. The fourth-order valence-electron chi connectivity index (χ4n) is 3.48. The standard InChI is InChI=1S/C19H31NO/c1-14(2)17-8-10-18(11-9-17)20-15(3)4-5-16-6-12-19(21)13-7-16/h6-7,12-15,17-18,20-21H,4-5,8-11H2,1-3H3. The maximum absolute atomic E-state index is 9.30. The summed E-state index contributed by atoms with van der Waals surface area (Å²) in [5.74, 6) is 2.14. The van der Waals surface area contributed by atoms with Crippen molar-refractivity contribution in [2.24, 2.45) is 11.8 Å². The van der Waals surface area contributed by atoms with E-state index in [0.29, 0.717) is 11.8 Å². The highest BCUT2D eigenvalue weighted by Crippen LogP contribution is 2.30. The monoisotopic (exact) mass is 289 g/mol. The van der Waals surface area contributed by atoms with Crippen LogP contribution in [0.1, 0.15) is 58.4 Å². The van der Waals surface area contributed by atoms with Gasteiger partial charge in [-0.1, -0.05) is 26.0 Å². The molecule has 1 aromatic carbocycles. The summed E-state index contributed by atoms with van der Waals surface area (Å²) in [6, 6.07) is 8.89. The van der Waals surface area contributed by atoms with Gasteiger partial charge in [-0.15, -0.1) is 0 Å². The lowest BCUT2D eigenvalue weighted by Crippen LogP contribution is -2.39. The van der Waals surface area contributed by atoms with Gasteiger partial charge in [0.25, 0.3) is 0 Å². The van der Waals surface area contributed by atoms with Crippen LogP contribution in [-0.4, -0.2) is 17.2 Å². The van der Waals surface area contributed by atoms with Crippen molar-refractivity contribution in [2.75, 3.05) is 0 Å². The van der Waals surface area contributed by atoms with E-state index in [4.69, 9.17) is 0 Å². The van der Waals surface area contributed by atoms with E-state index < -0.39 is 0 Å². The van der Waals surface area contributed by atoms with E-state index >= 15 is 0 Å². The summed E-state index contributed by atoms with van der Waals surface area (Å²) >= 11 is 0. The smallest absolute Gasteiger partial charge is 0.115 e. The van der Waals surface area contributed by atoms with Crippen molar-refractivity contribution >= 4 is 0 Å². The van der Waals surface area contributed by atoms with Gasteiger partial charge in [0.05, 0.1) is 0 Å². The molecule has 1 aromatic rings. The van der Waals surface area contributed by atoms with E-state index in [9.17, 15) is 5.11 Å². The molecule has 0 bridgehead atoms. The number of nitrogens with one attached hydrogen (secondary N) is 1. The van der Waals surface area contributed by atoms with Crippen molar-refractivity contribution in [3.63, 3.8) is 0 Å². The molecule has 0 heterocycles. The summed E-state index contributed by atoms with van der Waals surface area (Å²) in [5.41, 5.74) is 1.31. The SMILES string of the molecule is CC(CCc1ccc(O)cc1)NC1CCC(C(C)C)CC1. The molecule has 1 aliphatic carbocycles. The van der Waals surface area contributed by atoms with Crippen LogP contribution in [0.25, 0.3) is 0 Å². The third-order valence-corrected chi connectivity index (χ3v) is 5.04. The van der Waals surface area contributed by atoms with Crippen LogP contribution in [0, 0.1) is 11.8 Å². The maximum atomic E-state index is 9.30. The summed E-state index contributed by atoms with van der Waals surface area (Å²) in [6.07, 6.45) is 7.70. The van der Waals surface area contributed by atoms with Crippen molar-refractivity contribution in [2.45, 2.75) is 71.4 Å². The Morgan fingerprint density at radius 3 is 2.24 bits per heavy atom. The number of hydrogen-bond acceptors (Lipinski definition) is 2. The van der Waals surface area contributed by atoms with Crippen molar-refractivity contribution in [3.05, 3.63) is 29.8 Å². The van der Waals surface area contributed by atoms with Gasteiger partial charge in [-0.3, -0.25) is 0 Å². The van der Waals surface area contributed by atoms with Crippen LogP contribution >= 0.6 is 0 Å². The van der Waals surface area contributed by atoms with Gasteiger partial charge in [0.1, 0.15) is 5.75 Å². The zero-order valence-corrected chi connectivity index (χ0v) is 13.8. The number of rotatable bonds is 6. The molecule has 1 saturated carbocycles. The number of aromatic hydroxyl groups is 1. The Kier molecular flexibility index (Phi) is 6.10. The molecule has 0 spiro atoms. The molecule has 1 atom stereocenters. The molecular formula is C19H31NO. The largest absolute Gasteiger partial charge is 0.508 e. The van der Waals surface area contributed by atoms with Gasteiger partial charge in [0.15, 0.2) is 0 Å². The van der Waals surface area contributed by atoms with Gasteiger partial charge < -0.3 is 10.4 Å².